The molecule has 0 aliphatic carbocycles. The van der Waals surface area contributed by atoms with E-state index in [2.05, 4.69) is 29.1 Å². The van der Waals surface area contributed by atoms with Gasteiger partial charge in [-0.2, -0.15) is 0 Å². The van der Waals surface area contributed by atoms with Crippen molar-refractivity contribution in [3.8, 4) is 11.4 Å². The lowest BCUT2D eigenvalue weighted by Crippen LogP contribution is -2.26. The van der Waals surface area contributed by atoms with Gasteiger partial charge in [0.2, 0.25) is 0 Å². The topological polar surface area (TPSA) is 80.9 Å². The van der Waals surface area contributed by atoms with E-state index in [-0.39, 0.29) is 11.7 Å². The van der Waals surface area contributed by atoms with Gasteiger partial charge >= 0.3 is 0 Å². The maximum atomic E-state index is 12.1. The highest BCUT2D eigenvalue weighted by molar-refractivity contribution is 5.98. The second-order valence-electron chi connectivity index (χ2n) is 5.75. The fraction of sp³-hybridized carbons (Fsp3) is 0.353. The Morgan fingerprint density at radius 1 is 1.32 bits per heavy atom. The first-order valence-corrected chi connectivity index (χ1v) is 7.45. The lowest BCUT2D eigenvalue weighted by molar-refractivity contribution is 0.0952. The van der Waals surface area contributed by atoms with E-state index in [0.717, 1.165) is 17.5 Å². The lowest BCUT2D eigenvalue weighted by atomic mass is 10.1. The number of nitrogens with zero attached hydrogens (tertiary/aromatic N) is 2. The molecule has 0 unspecified atom stereocenters. The van der Waals surface area contributed by atoms with Crippen molar-refractivity contribution in [1.82, 2.24) is 15.3 Å². The average molecular weight is 298 g/mol. The van der Waals surface area contributed by atoms with Gasteiger partial charge in [-0.15, -0.1) is 0 Å². The second-order valence-corrected chi connectivity index (χ2v) is 5.75. The van der Waals surface area contributed by atoms with Gasteiger partial charge in [0, 0.05) is 18.3 Å². The van der Waals surface area contributed by atoms with E-state index in [0.29, 0.717) is 23.9 Å². The van der Waals surface area contributed by atoms with E-state index >= 15 is 0 Å². The van der Waals surface area contributed by atoms with Gasteiger partial charge in [-0.3, -0.25) is 4.79 Å². The molecule has 0 saturated heterocycles. The van der Waals surface area contributed by atoms with E-state index in [1.54, 1.807) is 0 Å². The molecular weight excluding hydrogens is 276 g/mol. The number of nitrogens with one attached hydrogen (secondary N) is 1. The number of rotatable bonds is 5. The number of hydrogen-bond donors (Lipinski definition) is 2. The summed E-state index contributed by atoms with van der Waals surface area (Å²) in [4.78, 5) is 20.6. The Balaban J connectivity index is 2.16. The van der Waals surface area contributed by atoms with Gasteiger partial charge in [0.15, 0.2) is 5.82 Å². The molecule has 1 heterocycles. The van der Waals surface area contributed by atoms with Gasteiger partial charge in [-0.1, -0.05) is 38.1 Å². The van der Waals surface area contributed by atoms with Gasteiger partial charge in [0.1, 0.15) is 5.82 Å². The zero-order valence-electron chi connectivity index (χ0n) is 13.3. The molecule has 5 nitrogen and oxygen atoms in total. The molecule has 2 rings (SSSR count). The lowest BCUT2D eigenvalue weighted by Gasteiger charge is -2.10. The third-order valence-corrected chi connectivity index (χ3v) is 3.46. The van der Waals surface area contributed by atoms with Crippen molar-refractivity contribution in [2.45, 2.75) is 27.2 Å². The van der Waals surface area contributed by atoms with E-state index in [1.165, 1.54) is 6.20 Å². The molecule has 0 aliphatic rings. The van der Waals surface area contributed by atoms with Crippen LogP contribution in [-0.2, 0) is 0 Å². The van der Waals surface area contributed by atoms with Crippen LogP contribution in [0.4, 0.5) is 5.82 Å². The number of amides is 1. The van der Waals surface area contributed by atoms with E-state index in [1.807, 2.05) is 31.2 Å². The van der Waals surface area contributed by atoms with Crippen LogP contribution in [0.5, 0.6) is 0 Å². The first kappa shape index (κ1) is 15.9. The summed E-state index contributed by atoms with van der Waals surface area (Å²) in [5.74, 6) is 1.05. The largest absolute Gasteiger partial charge is 0.383 e. The molecule has 3 N–H and O–H groups in total. The van der Waals surface area contributed by atoms with Gasteiger partial charge in [-0.25, -0.2) is 9.97 Å². The van der Waals surface area contributed by atoms with Crippen LogP contribution >= 0.6 is 0 Å². The molecular formula is C17H22N4O. The van der Waals surface area contributed by atoms with Crippen LogP contribution in [0.15, 0.2) is 30.5 Å². The van der Waals surface area contributed by atoms with Crippen molar-refractivity contribution in [2.75, 3.05) is 12.3 Å². The summed E-state index contributed by atoms with van der Waals surface area (Å²) in [5, 5.41) is 2.84. The zero-order chi connectivity index (χ0) is 16.1. The maximum absolute atomic E-state index is 12.1. The number of carbonyl (C=O) groups excluding carboxylic acids is 1. The third-order valence-electron chi connectivity index (χ3n) is 3.46. The van der Waals surface area contributed by atoms with Crippen LogP contribution in [0.2, 0.25) is 0 Å². The normalized spacial score (nSPS) is 10.7. The molecule has 0 radical (unpaired) electrons. The van der Waals surface area contributed by atoms with Crippen LogP contribution in [0.25, 0.3) is 11.4 Å². The minimum Gasteiger partial charge on any atom is -0.383 e. The van der Waals surface area contributed by atoms with Crippen molar-refractivity contribution in [3.05, 3.63) is 41.6 Å². The molecule has 0 spiro atoms. The Bertz CT molecular complexity index is 667. The molecule has 22 heavy (non-hydrogen) atoms. The monoisotopic (exact) mass is 298 g/mol. The smallest absolute Gasteiger partial charge is 0.256 e. The summed E-state index contributed by atoms with van der Waals surface area (Å²) < 4.78 is 0. The fourth-order valence-corrected chi connectivity index (χ4v) is 2.09. The molecule has 1 aromatic carbocycles. The standard InChI is InChI=1S/C17H22N4O/c1-11(2)8-9-19-17(22)14-10-20-16(21-15(14)18)13-7-5-4-6-12(13)3/h4-7,10-11H,8-9H2,1-3H3,(H,19,22)(H2,18,20,21). The Morgan fingerprint density at radius 2 is 2.05 bits per heavy atom. The molecule has 0 atom stereocenters. The highest BCUT2D eigenvalue weighted by Crippen LogP contribution is 2.21. The predicted molar refractivity (Wildman–Crippen MR) is 88.4 cm³/mol. The predicted octanol–water partition coefficient (Wildman–Crippen LogP) is 2.81. The zero-order valence-corrected chi connectivity index (χ0v) is 13.3. The summed E-state index contributed by atoms with van der Waals surface area (Å²) in [7, 11) is 0. The number of anilines is 1. The minimum atomic E-state index is -0.227. The molecule has 0 fully saturated rings. The Morgan fingerprint density at radius 3 is 2.68 bits per heavy atom. The molecule has 5 heteroatoms. The number of carbonyl (C=O) groups is 1. The van der Waals surface area contributed by atoms with Gasteiger partial charge < -0.3 is 11.1 Å². The number of aryl methyl sites for hydroxylation is 1. The molecule has 0 aliphatic heterocycles. The van der Waals surface area contributed by atoms with E-state index < -0.39 is 0 Å². The minimum absolute atomic E-state index is 0.204. The quantitative estimate of drug-likeness (QED) is 0.889. The number of nitrogen functional groups attached to an aromatic ring is 1. The van der Waals surface area contributed by atoms with Crippen molar-refractivity contribution >= 4 is 11.7 Å². The van der Waals surface area contributed by atoms with E-state index in [4.69, 9.17) is 5.73 Å². The number of benzene rings is 1. The summed E-state index contributed by atoms with van der Waals surface area (Å²) in [6.07, 6.45) is 2.42. The Kier molecular flexibility index (Phi) is 5.09. The summed E-state index contributed by atoms with van der Waals surface area (Å²) in [5.41, 5.74) is 8.23. The first-order valence-electron chi connectivity index (χ1n) is 7.45. The van der Waals surface area contributed by atoms with Crippen molar-refractivity contribution < 1.29 is 4.79 Å². The Hall–Kier alpha value is -2.43. The van der Waals surface area contributed by atoms with Crippen LogP contribution in [0, 0.1) is 12.8 Å². The molecule has 0 saturated carbocycles. The first-order chi connectivity index (χ1) is 10.5. The maximum Gasteiger partial charge on any atom is 0.256 e. The SMILES string of the molecule is Cc1ccccc1-c1ncc(C(=O)NCCC(C)C)c(N)n1. The van der Waals surface area contributed by atoms with Gasteiger partial charge in [0.05, 0.1) is 5.56 Å². The fourth-order valence-electron chi connectivity index (χ4n) is 2.09. The van der Waals surface area contributed by atoms with Crippen LogP contribution in [0.1, 0.15) is 36.2 Å². The van der Waals surface area contributed by atoms with E-state index in [9.17, 15) is 4.79 Å². The average Bonchev–Trinajstić information content (AvgIpc) is 2.47. The van der Waals surface area contributed by atoms with Crippen molar-refractivity contribution in [3.63, 3.8) is 0 Å². The molecule has 0 bridgehead atoms. The van der Waals surface area contributed by atoms with Crippen LogP contribution < -0.4 is 11.1 Å². The Labute approximate surface area is 131 Å². The third kappa shape index (κ3) is 3.81. The van der Waals surface area contributed by atoms with Crippen LogP contribution in [-0.4, -0.2) is 22.4 Å². The number of hydrogen-bond acceptors (Lipinski definition) is 4. The van der Waals surface area contributed by atoms with Crippen molar-refractivity contribution in [1.29, 1.82) is 0 Å². The summed E-state index contributed by atoms with van der Waals surface area (Å²) in [6, 6.07) is 7.81. The molecule has 1 amide bonds. The summed E-state index contributed by atoms with van der Waals surface area (Å²) >= 11 is 0. The molecule has 2 aromatic rings. The highest BCUT2D eigenvalue weighted by atomic mass is 16.1. The molecule has 1 aromatic heterocycles. The van der Waals surface area contributed by atoms with Crippen molar-refractivity contribution in [2.24, 2.45) is 5.92 Å². The number of nitrogens with two attached hydrogens (primary N) is 1. The van der Waals surface area contributed by atoms with Gasteiger partial charge in [0.25, 0.3) is 5.91 Å². The number of aromatic nitrogens is 2. The molecule has 116 valence electrons. The highest BCUT2D eigenvalue weighted by Gasteiger charge is 2.13. The second kappa shape index (κ2) is 7.02. The summed E-state index contributed by atoms with van der Waals surface area (Å²) in [6.45, 7) is 6.83. The van der Waals surface area contributed by atoms with Crippen LogP contribution in [0.3, 0.4) is 0 Å². The van der Waals surface area contributed by atoms with Gasteiger partial charge in [-0.05, 0) is 24.8 Å².